The molecule has 2 heterocycles. The summed E-state index contributed by atoms with van der Waals surface area (Å²) < 4.78 is 18.2. The Kier molecular flexibility index (Phi) is 7.23. The highest BCUT2D eigenvalue weighted by Gasteiger charge is 2.18. The minimum atomic E-state index is -0.378. The minimum Gasteiger partial charge on any atom is -0.493 e. The zero-order valence-corrected chi connectivity index (χ0v) is 19.3. The summed E-state index contributed by atoms with van der Waals surface area (Å²) in [4.78, 5) is 11.6. The summed E-state index contributed by atoms with van der Waals surface area (Å²) in [6.45, 7) is 1.13. The van der Waals surface area contributed by atoms with E-state index in [4.69, 9.17) is 14.2 Å². The van der Waals surface area contributed by atoms with Gasteiger partial charge in [-0.3, -0.25) is 0 Å². The molecule has 1 aromatic heterocycles. The third kappa shape index (κ3) is 5.09. The topological polar surface area (TPSA) is 99.3 Å². The van der Waals surface area contributed by atoms with Crippen LogP contribution in [0.15, 0.2) is 42.5 Å². The van der Waals surface area contributed by atoms with Gasteiger partial charge >= 0.3 is 5.97 Å². The smallest absolute Gasteiger partial charge is 0.337 e. The van der Waals surface area contributed by atoms with Crippen molar-refractivity contribution in [3.05, 3.63) is 70.8 Å². The van der Waals surface area contributed by atoms with Crippen molar-refractivity contribution in [2.45, 2.75) is 38.8 Å². The predicted molar refractivity (Wildman–Crippen MR) is 126 cm³/mol. The maximum atomic E-state index is 11.6. The molecule has 1 aliphatic rings. The summed E-state index contributed by atoms with van der Waals surface area (Å²) >= 11 is 0. The molecular formula is C26H26N4O4. The first-order valence-electron chi connectivity index (χ1n) is 11.1. The molecule has 2 aromatic carbocycles. The van der Waals surface area contributed by atoms with Crippen LogP contribution in [0.25, 0.3) is 11.6 Å². The van der Waals surface area contributed by atoms with E-state index in [0.717, 1.165) is 49.2 Å². The van der Waals surface area contributed by atoms with Crippen LogP contribution in [0.5, 0.6) is 11.5 Å². The molecule has 0 N–H and O–H groups in total. The van der Waals surface area contributed by atoms with E-state index >= 15 is 0 Å². The first kappa shape index (κ1) is 23.1. The summed E-state index contributed by atoms with van der Waals surface area (Å²) in [5, 5.41) is 18.4. The monoisotopic (exact) mass is 458 g/mol. The summed E-state index contributed by atoms with van der Waals surface area (Å²) in [6, 6.07) is 14.8. The molecule has 0 aliphatic carbocycles. The number of nitriles is 1. The zero-order valence-electron chi connectivity index (χ0n) is 19.3. The normalized spacial score (nSPS) is 13.4. The van der Waals surface area contributed by atoms with Gasteiger partial charge in [-0.1, -0.05) is 24.6 Å². The molecule has 174 valence electrons. The van der Waals surface area contributed by atoms with Crippen LogP contribution in [0.1, 0.15) is 52.4 Å². The number of carbonyl (C=O) groups excluding carboxylic acids is 1. The third-order valence-electron chi connectivity index (χ3n) is 5.74. The number of aryl methyl sites for hydroxylation is 1. The second-order valence-corrected chi connectivity index (χ2v) is 7.96. The van der Waals surface area contributed by atoms with Crippen LogP contribution in [0.4, 0.5) is 0 Å². The molecular weight excluding hydrogens is 432 g/mol. The van der Waals surface area contributed by atoms with Gasteiger partial charge in [0.1, 0.15) is 18.5 Å². The Labute approximate surface area is 198 Å². The lowest BCUT2D eigenvalue weighted by Crippen LogP contribution is -2.05. The highest BCUT2D eigenvalue weighted by molar-refractivity contribution is 5.89. The minimum absolute atomic E-state index is 0.308. The summed E-state index contributed by atoms with van der Waals surface area (Å²) in [6.07, 6.45) is 5.99. The number of fused-ring (bicyclic) bond motifs is 1. The van der Waals surface area contributed by atoms with Crippen molar-refractivity contribution in [1.29, 1.82) is 5.26 Å². The molecule has 0 bridgehead atoms. The van der Waals surface area contributed by atoms with Crippen LogP contribution in [0.2, 0.25) is 0 Å². The fraction of sp³-hybridized carbons (Fsp3) is 0.308. The average molecular weight is 459 g/mol. The lowest BCUT2D eigenvalue weighted by atomic mass is 10.1. The summed E-state index contributed by atoms with van der Waals surface area (Å²) in [5.74, 6) is 2.30. The molecule has 0 saturated carbocycles. The first-order valence-corrected chi connectivity index (χ1v) is 11.1. The Hall–Kier alpha value is -4.12. The van der Waals surface area contributed by atoms with Gasteiger partial charge in [0.15, 0.2) is 17.3 Å². The number of allylic oxidation sites excluding steroid dienone is 1. The lowest BCUT2D eigenvalue weighted by molar-refractivity contribution is 0.0600. The van der Waals surface area contributed by atoms with Gasteiger partial charge in [-0.15, -0.1) is 10.2 Å². The number of hydrogen-bond donors (Lipinski definition) is 0. The fourth-order valence-corrected chi connectivity index (χ4v) is 3.91. The van der Waals surface area contributed by atoms with Gasteiger partial charge < -0.3 is 18.8 Å². The third-order valence-corrected chi connectivity index (χ3v) is 5.74. The number of esters is 1. The van der Waals surface area contributed by atoms with Crippen LogP contribution in [0.3, 0.4) is 0 Å². The molecule has 0 spiro atoms. The molecule has 0 radical (unpaired) electrons. The molecule has 0 amide bonds. The second-order valence-electron chi connectivity index (χ2n) is 7.96. The number of aromatic nitrogens is 3. The van der Waals surface area contributed by atoms with Crippen LogP contribution in [-0.4, -0.2) is 35.0 Å². The number of nitrogens with zero attached hydrogens (tertiary/aromatic N) is 4. The highest BCUT2D eigenvalue weighted by atomic mass is 16.5. The van der Waals surface area contributed by atoms with E-state index < -0.39 is 0 Å². The maximum absolute atomic E-state index is 11.6. The van der Waals surface area contributed by atoms with Crippen LogP contribution in [-0.2, 0) is 24.3 Å². The molecule has 1 aliphatic heterocycles. The molecule has 0 fully saturated rings. The molecule has 8 heteroatoms. The van der Waals surface area contributed by atoms with E-state index in [1.165, 1.54) is 7.11 Å². The van der Waals surface area contributed by atoms with Crippen molar-refractivity contribution < 1.29 is 19.0 Å². The maximum Gasteiger partial charge on any atom is 0.337 e. The van der Waals surface area contributed by atoms with Gasteiger partial charge in [0.25, 0.3) is 0 Å². The molecule has 3 aromatic rings. The van der Waals surface area contributed by atoms with Crippen LogP contribution in [0, 0.1) is 11.3 Å². The Bertz CT molecular complexity index is 1240. The number of hydrogen-bond acceptors (Lipinski definition) is 7. The van der Waals surface area contributed by atoms with Crippen molar-refractivity contribution in [3.63, 3.8) is 0 Å². The van der Waals surface area contributed by atoms with Gasteiger partial charge in [0.05, 0.1) is 25.4 Å². The zero-order chi connectivity index (χ0) is 23.9. The Morgan fingerprint density at radius 1 is 1.09 bits per heavy atom. The second kappa shape index (κ2) is 10.7. The van der Waals surface area contributed by atoms with E-state index in [2.05, 4.69) is 20.8 Å². The van der Waals surface area contributed by atoms with E-state index in [0.29, 0.717) is 35.1 Å². The van der Waals surface area contributed by atoms with Crippen LogP contribution >= 0.6 is 0 Å². The van der Waals surface area contributed by atoms with Crippen molar-refractivity contribution in [2.75, 3.05) is 14.2 Å². The van der Waals surface area contributed by atoms with E-state index in [-0.39, 0.29) is 5.97 Å². The highest BCUT2D eigenvalue weighted by Crippen LogP contribution is 2.31. The Balaban J connectivity index is 1.51. The standard InChI is InChI=1S/C26H26N4O4/c1-32-23-15-19(14-21(16-27)25-29-28-24-6-4-3-5-13-30(24)25)9-12-22(23)34-17-18-7-10-20(11-8-18)26(31)33-2/h7-12,14-15H,3-6,13,17H2,1-2H3/b21-14+. The molecule has 0 unspecified atom stereocenters. The molecule has 4 rings (SSSR count). The molecule has 8 nitrogen and oxygen atoms in total. The van der Waals surface area contributed by atoms with Crippen molar-refractivity contribution in [2.24, 2.45) is 0 Å². The lowest BCUT2D eigenvalue weighted by Gasteiger charge is -2.12. The number of carbonyl (C=O) groups is 1. The number of rotatable bonds is 7. The van der Waals surface area contributed by atoms with Gasteiger partial charge in [0.2, 0.25) is 0 Å². The number of ether oxygens (including phenoxy) is 3. The summed E-state index contributed by atoms with van der Waals surface area (Å²) in [7, 11) is 2.93. The van der Waals surface area contributed by atoms with E-state index in [9.17, 15) is 10.1 Å². The fourth-order valence-electron chi connectivity index (χ4n) is 3.91. The largest absolute Gasteiger partial charge is 0.493 e. The SMILES string of the molecule is COC(=O)c1ccc(COc2ccc(/C=C(\C#N)c3nnc4n3CCCCC4)cc2OC)cc1. The summed E-state index contributed by atoms with van der Waals surface area (Å²) in [5.41, 5.74) is 2.65. The van der Waals surface area contributed by atoms with Gasteiger partial charge in [-0.05, 0) is 54.3 Å². The number of methoxy groups -OCH3 is 2. The van der Waals surface area contributed by atoms with E-state index in [1.807, 2.05) is 30.3 Å². The van der Waals surface area contributed by atoms with Gasteiger partial charge in [-0.2, -0.15) is 5.26 Å². The molecule has 34 heavy (non-hydrogen) atoms. The first-order chi connectivity index (χ1) is 16.6. The Morgan fingerprint density at radius 3 is 2.65 bits per heavy atom. The van der Waals surface area contributed by atoms with Gasteiger partial charge in [-0.25, -0.2) is 4.79 Å². The van der Waals surface area contributed by atoms with E-state index in [1.54, 1.807) is 25.3 Å². The number of benzene rings is 2. The quantitative estimate of drug-likeness (QED) is 0.381. The molecule has 0 saturated heterocycles. The van der Waals surface area contributed by atoms with Crippen molar-refractivity contribution in [1.82, 2.24) is 14.8 Å². The average Bonchev–Trinajstić information content (AvgIpc) is 3.13. The predicted octanol–water partition coefficient (Wildman–Crippen LogP) is 4.44. The molecule has 0 atom stereocenters. The van der Waals surface area contributed by atoms with Crippen molar-refractivity contribution >= 4 is 17.6 Å². The van der Waals surface area contributed by atoms with Gasteiger partial charge in [0, 0.05) is 13.0 Å². The van der Waals surface area contributed by atoms with Crippen LogP contribution < -0.4 is 9.47 Å². The van der Waals surface area contributed by atoms with Crippen molar-refractivity contribution in [3.8, 4) is 17.6 Å². The Morgan fingerprint density at radius 2 is 1.91 bits per heavy atom.